The number of halogens is 1. The minimum absolute atomic E-state index is 0.538. The van der Waals surface area contributed by atoms with Gasteiger partial charge in [0.05, 0.1) is 12.6 Å². The molecule has 0 aromatic heterocycles. The molecule has 1 aliphatic heterocycles. The lowest BCUT2D eigenvalue weighted by atomic mass is 10.2. The number of likely N-dealkylation sites (N-methyl/N-ethyl adjacent to an activating group) is 1. The molecule has 1 aliphatic rings. The smallest absolute Gasteiger partial charge is 0.0670 e. The molecule has 0 bridgehead atoms. The zero-order chi connectivity index (χ0) is 9.97. The summed E-state index contributed by atoms with van der Waals surface area (Å²) in [6.45, 7) is 1.75. The van der Waals surface area contributed by atoms with E-state index in [1.807, 2.05) is 0 Å². The van der Waals surface area contributed by atoms with Gasteiger partial charge < -0.3 is 9.64 Å². The SMILES string of the molecule is CN(c1ccc(Br)cc1)C1CCOC1. The molecule has 1 aromatic carbocycles. The third-order valence-electron chi connectivity index (χ3n) is 2.69. The predicted molar refractivity (Wildman–Crippen MR) is 61.8 cm³/mol. The van der Waals surface area contributed by atoms with Crippen molar-refractivity contribution in [1.82, 2.24) is 0 Å². The standard InChI is InChI=1S/C11H14BrNO/c1-13(11-6-7-14-8-11)10-4-2-9(12)3-5-10/h2-5,11H,6-8H2,1H3. The zero-order valence-electron chi connectivity index (χ0n) is 8.24. The van der Waals surface area contributed by atoms with Gasteiger partial charge in [-0.2, -0.15) is 0 Å². The van der Waals surface area contributed by atoms with Crippen molar-refractivity contribution >= 4 is 21.6 Å². The second kappa shape index (κ2) is 4.32. The van der Waals surface area contributed by atoms with Crippen LogP contribution in [0, 0.1) is 0 Å². The summed E-state index contributed by atoms with van der Waals surface area (Å²) < 4.78 is 6.50. The lowest BCUT2D eigenvalue weighted by Gasteiger charge is -2.25. The Bertz CT molecular complexity index is 293. The second-order valence-corrected chi connectivity index (χ2v) is 4.52. The highest BCUT2D eigenvalue weighted by Crippen LogP contribution is 2.21. The van der Waals surface area contributed by atoms with Crippen LogP contribution in [0.2, 0.25) is 0 Å². The van der Waals surface area contributed by atoms with Crippen LogP contribution in [0.1, 0.15) is 6.42 Å². The Morgan fingerprint density at radius 3 is 2.64 bits per heavy atom. The summed E-state index contributed by atoms with van der Waals surface area (Å²) in [6.07, 6.45) is 1.13. The first-order valence-corrected chi connectivity index (χ1v) is 5.63. The number of ether oxygens (including phenoxy) is 1. The summed E-state index contributed by atoms with van der Waals surface area (Å²) in [5.74, 6) is 0. The fraction of sp³-hybridized carbons (Fsp3) is 0.455. The van der Waals surface area contributed by atoms with E-state index in [0.717, 1.165) is 24.1 Å². The molecule has 1 atom stereocenters. The van der Waals surface area contributed by atoms with E-state index in [1.165, 1.54) is 5.69 Å². The maximum absolute atomic E-state index is 5.37. The Hall–Kier alpha value is -0.540. The Labute approximate surface area is 93.0 Å². The van der Waals surface area contributed by atoms with Gasteiger partial charge in [-0.25, -0.2) is 0 Å². The number of benzene rings is 1. The summed E-state index contributed by atoms with van der Waals surface area (Å²) in [5.41, 5.74) is 1.25. The maximum Gasteiger partial charge on any atom is 0.0670 e. The molecule has 1 saturated heterocycles. The average Bonchev–Trinajstić information content (AvgIpc) is 2.71. The highest BCUT2D eigenvalue weighted by Gasteiger charge is 2.20. The van der Waals surface area contributed by atoms with Gasteiger partial charge in [0, 0.05) is 23.8 Å². The van der Waals surface area contributed by atoms with Gasteiger partial charge in [-0.3, -0.25) is 0 Å². The molecule has 0 spiro atoms. The summed E-state index contributed by atoms with van der Waals surface area (Å²) >= 11 is 3.43. The van der Waals surface area contributed by atoms with E-state index in [2.05, 4.69) is 52.1 Å². The molecule has 76 valence electrons. The summed E-state index contributed by atoms with van der Waals surface area (Å²) in [4.78, 5) is 2.29. The van der Waals surface area contributed by atoms with E-state index in [-0.39, 0.29) is 0 Å². The molecule has 2 rings (SSSR count). The topological polar surface area (TPSA) is 12.5 Å². The van der Waals surface area contributed by atoms with Crippen LogP contribution in [0.15, 0.2) is 28.7 Å². The minimum atomic E-state index is 0.538. The fourth-order valence-corrected chi connectivity index (χ4v) is 1.98. The number of nitrogens with zero attached hydrogens (tertiary/aromatic N) is 1. The third-order valence-corrected chi connectivity index (χ3v) is 3.22. The Balaban J connectivity index is 2.09. The van der Waals surface area contributed by atoms with Crippen molar-refractivity contribution in [2.45, 2.75) is 12.5 Å². The summed E-state index contributed by atoms with van der Waals surface area (Å²) in [6, 6.07) is 8.94. The van der Waals surface area contributed by atoms with Gasteiger partial charge in [0.2, 0.25) is 0 Å². The molecular weight excluding hydrogens is 242 g/mol. The van der Waals surface area contributed by atoms with E-state index in [4.69, 9.17) is 4.74 Å². The van der Waals surface area contributed by atoms with Crippen molar-refractivity contribution < 1.29 is 4.74 Å². The van der Waals surface area contributed by atoms with Crippen LogP contribution >= 0.6 is 15.9 Å². The van der Waals surface area contributed by atoms with Crippen LogP contribution in [-0.4, -0.2) is 26.3 Å². The third kappa shape index (κ3) is 2.10. The van der Waals surface area contributed by atoms with Crippen LogP contribution < -0.4 is 4.90 Å². The van der Waals surface area contributed by atoms with Gasteiger partial charge in [-0.05, 0) is 30.7 Å². The normalized spacial score (nSPS) is 21.1. The van der Waals surface area contributed by atoms with E-state index in [0.29, 0.717) is 6.04 Å². The van der Waals surface area contributed by atoms with Crippen molar-refractivity contribution in [3.8, 4) is 0 Å². The molecule has 0 amide bonds. The quantitative estimate of drug-likeness (QED) is 0.806. The Morgan fingerprint density at radius 1 is 1.36 bits per heavy atom. The monoisotopic (exact) mass is 255 g/mol. The van der Waals surface area contributed by atoms with Crippen molar-refractivity contribution in [3.63, 3.8) is 0 Å². The molecule has 14 heavy (non-hydrogen) atoms. The Kier molecular flexibility index (Phi) is 3.08. The molecule has 1 aromatic rings. The van der Waals surface area contributed by atoms with Gasteiger partial charge in [-0.1, -0.05) is 15.9 Å². The van der Waals surface area contributed by atoms with E-state index < -0.39 is 0 Å². The average molecular weight is 256 g/mol. The van der Waals surface area contributed by atoms with Crippen molar-refractivity contribution in [1.29, 1.82) is 0 Å². The number of rotatable bonds is 2. The van der Waals surface area contributed by atoms with Crippen LogP contribution in [0.4, 0.5) is 5.69 Å². The first-order chi connectivity index (χ1) is 6.77. The second-order valence-electron chi connectivity index (χ2n) is 3.60. The van der Waals surface area contributed by atoms with Crippen LogP contribution in [0.5, 0.6) is 0 Å². The predicted octanol–water partition coefficient (Wildman–Crippen LogP) is 2.67. The summed E-state index contributed by atoms with van der Waals surface area (Å²) in [5, 5.41) is 0. The molecule has 1 heterocycles. The van der Waals surface area contributed by atoms with Gasteiger partial charge in [0.25, 0.3) is 0 Å². The number of hydrogen-bond acceptors (Lipinski definition) is 2. The van der Waals surface area contributed by atoms with Gasteiger partial charge in [0.15, 0.2) is 0 Å². The maximum atomic E-state index is 5.37. The molecule has 0 radical (unpaired) electrons. The molecule has 3 heteroatoms. The van der Waals surface area contributed by atoms with Gasteiger partial charge in [-0.15, -0.1) is 0 Å². The lowest BCUT2D eigenvalue weighted by molar-refractivity contribution is 0.193. The van der Waals surface area contributed by atoms with E-state index >= 15 is 0 Å². The van der Waals surface area contributed by atoms with Crippen molar-refractivity contribution in [3.05, 3.63) is 28.7 Å². The zero-order valence-corrected chi connectivity index (χ0v) is 9.83. The largest absolute Gasteiger partial charge is 0.379 e. The first kappa shape index (κ1) is 9.99. The van der Waals surface area contributed by atoms with E-state index in [1.54, 1.807) is 0 Å². The summed E-state index contributed by atoms with van der Waals surface area (Å²) in [7, 11) is 2.13. The fourth-order valence-electron chi connectivity index (χ4n) is 1.71. The highest BCUT2D eigenvalue weighted by molar-refractivity contribution is 9.10. The Morgan fingerprint density at radius 2 is 2.07 bits per heavy atom. The first-order valence-electron chi connectivity index (χ1n) is 4.83. The molecule has 1 fully saturated rings. The van der Waals surface area contributed by atoms with Crippen LogP contribution in [0.25, 0.3) is 0 Å². The molecule has 0 aliphatic carbocycles. The highest BCUT2D eigenvalue weighted by atomic mass is 79.9. The number of anilines is 1. The van der Waals surface area contributed by atoms with Crippen molar-refractivity contribution in [2.24, 2.45) is 0 Å². The van der Waals surface area contributed by atoms with Crippen molar-refractivity contribution in [2.75, 3.05) is 25.2 Å². The lowest BCUT2D eigenvalue weighted by Crippen LogP contribution is -2.31. The molecule has 0 N–H and O–H groups in total. The number of hydrogen-bond donors (Lipinski definition) is 0. The van der Waals surface area contributed by atoms with Crippen LogP contribution in [-0.2, 0) is 4.74 Å². The molecular formula is C11H14BrNO. The van der Waals surface area contributed by atoms with Crippen LogP contribution in [0.3, 0.4) is 0 Å². The molecule has 2 nitrogen and oxygen atoms in total. The van der Waals surface area contributed by atoms with Gasteiger partial charge in [0.1, 0.15) is 0 Å². The molecule has 1 unspecified atom stereocenters. The minimum Gasteiger partial charge on any atom is -0.379 e. The van der Waals surface area contributed by atoms with Gasteiger partial charge >= 0.3 is 0 Å². The van der Waals surface area contributed by atoms with E-state index in [9.17, 15) is 0 Å². The molecule has 0 saturated carbocycles.